The average molecular weight is 555 g/mol. The number of quaternary nitrogens is 1. The predicted octanol–water partition coefficient (Wildman–Crippen LogP) is 9.49. The smallest absolute Gasteiger partial charge is 0.141 e. The molecular formula is C42H36N+. The molecule has 1 heteroatoms. The van der Waals surface area contributed by atoms with Crippen molar-refractivity contribution in [1.29, 1.82) is 0 Å². The van der Waals surface area contributed by atoms with Gasteiger partial charge in [-0.3, -0.25) is 0 Å². The molecule has 0 bridgehead atoms. The summed E-state index contributed by atoms with van der Waals surface area (Å²) in [6.07, 6.45) is 0. The van der Waals surface area contributed by atoms with Gasteiger partial charge >= 0.3 is 0 Å². The third-order valence-electron chi connectivity index (χ3n) is 10.0. The standard InChI is InChI=1S/C42H35N/c1-28-17-21-30(22-18-28)43(31-23-19-29(2)20-24-31)32-25-26-34-33-11-5-6-12-35(33)42(40(34)27-32)38-15-9-7-13-36(38)41(3,4)37-14-8-10-16-39(37)42/h5-27H,1-4H3/p+1. The minimum absolute atomic E-state index is 0.102. The Balaban J connectivity index is 1.46. The fourth-order valence-corrected chi connectivity index (χ4v) is 7.96. The second-order valence-electron chi connectivity index (χ2n) is 12.9. The molecule has 2 aliphatic carbocycles. The molecule has 2 aliphatic rings. The second kappa shape index (κ2) is 9.39. The molecule has 0 atom stereocenters. The van der Waals surface area contributed by atoms with E-state index in [9.17, 15) is 0 Å². The van der Waals surface area contributed by atoms with Crippen LogP contribution in [0.3, 0.4) is 0 Å². The van der Waals surface area contributed by atoms with E-state index in [-0.39, 0.29) is 5.41 Å². The maximum Gasteiger partial charge on any atom is 0.141 e. The lowest BCUT2D eigenvalue weighted by atomic mass is 9.55. The molecule has 0 aromatic heterocycles. The first-order valence-electron chi connectivity index (χ1n) is 15.4. The lowest BCUT2D eigenvalue weighted by Crippen LogP contribution is -2.96. The largest absolute Gasteiger partial charge is 0.238 e. The van der Waals surface area contributed by atoms with Crippen LogP contribution in [0, 0.1) is 13.8 Å². The maximum absolute atomic E-state index is 2.51. The van der Waals surface area contributed by atoms with E-state index in [0.717, 1.165) is 0 Å². The van der Waals surface area contributed by atoms with Gasteiger partial charge in [0.1, 0.15) is 17.1 Å². The molecule has 0 saturated carbocycles. The Bertz CT molecular complexity index is 1920. The van der Waals surface area contributed by atoms with E-state index < -0.39 is 5.41 Å². The van der Waals surface area contributed by atoms with Crippen LogP contribution in [0.5, 0.6) is 0 Å². The number of hydrogen-bond donors (Lipinski definition) is 1. The highest BCUT2D eigenvalue weighted by Crippen LogP contribution is 2.62. The highest BCUT2D eigenvalue weighted by Gasteiger charge is 2.53. The highest BCUT2D eigenvalue weighted by molar-refractivity contribution is 5.89. The van der Waals surface area contributed by atoms with Crippen LogP contribution in [0.1, 0.15) is 58.4 Å². The van der Waals surface area contributed by atoms with Gasteiger partial charge in [-0.2, -0.15) is 0 Å². The molecule has 0 unspecified atom stereocenters. The molecule has 0 heterocycles. The number of benzene rings is 6. The Morgan fingerprint density at radius 1 is 0.395 bits per heavy atom. The molecule has 0 fully saturated rings. The SMILES string of the molecule is Cc1ccc([NH+](c2ccc(C)cc2)c2ccc3c(c2)C2(c4ccccc4-3)c3ccccc3C(C)(C)c3ccccc32)cc1. The summed E-state index contributed by atoms with van der Waals surface area (Å²) in [5.74, 6) is 0. The fraction of sp³-hybridized carbons (Fsp3) is 0.143. The third kappa shape index (κ3) is 3.62. The molecule has 0 saturated heterocycles. The molecule has 1 spiro atoms. The molecule has 0 aliphatic heterocycles. The van der Waals surface area contributed by atoms with E-state index >= 15 is 0 Å². The number of hydrogen-bond acceptors (Lipinski definition) is 0. The summed E-state index contributed by atoms with van der Waals surface area (Å²) in [5, 5.41) is 0. The number of rotatable bonds is 3. The van der Waals surface area contributed by atoms with Crippen LogP contribution in [-0.4, -0.2) is 0 Å². The van der Waals surface area contributed by atoms with Gasteiger partial charge in [0.25, 0.3) is 0 Å². The van der Waals surface area contributed by atoms with Gasteiger partial charge in [-0.05, 0) is 64.4 Å². The van der Waals surface area contributed by atoms with E-state index in [4.69, 9.17) is 0 Å². The first-order chi connectivity index (χ1) is 20.9. The monoisotopic (exact) mass is 554 g/mol. The van der Waals surface area contributed by atoms with Gasteiger partial charge < -0.3 is 0 Å². The summed E-state index contributed by atoms with van der Waals surface area (Å²) in [4.78, 5) is 1.27. The van der Waals surface area contributed by atoms with Crippen molar-refractivity contribution in [3.8, 4) is 11.1 Å². The molecular weight excluding hydrogens is 518 g/mol. The van der Waals surface area contributed by atoms with Gasteiger partial charge in [0, 0.05) is 41.8 Å². The summed E-state index contributed by atoms with van der Waals surface area (Å²) in [6, 6.07) is 52.7. The number of fused-ring (bicyclic) bond motifs is 9. The van der Waals surface area contributed by atoms with Crippen molar-refractivity contribution in [3.63, 3.8) is 0 Å². The third-order valence-corrected chi connectivity index (χ3v) is 10.0. The first-order valence-corrected chi connectivity index (χ1v) is 15.4. The Hall–Kier alpha value is -4.72. The summed E-state index contributed by atoms with van der Waals surface area (Å²) >= 11 is 0. The summed E-state index contributed by atoms with van der Waals surface area (Å²) in [6.45, 7) is 9.09. The van der Waals surface area contributed by atoms with Crippen LogP contribution in [-0.2, 0) is 10.8 Å². The molecule has 1 N–H and O–H groups in total. The van der Waals surface area contributed by atoms with E-state index in [0.29, 0.717) is 0 Å². The Labute approximate surface area is 255 Å². The molecule has 6 aromatic carbocycles. The van der Waals surface area contributed by atoms with Gasteiger partial charge in [0.05, 0.1) is 5.41 Å². The summed E-state index contributed by atoms with van der Waals surface area (Å²) in [5.41, 5.74) is 16.8. The zero-order valence-electron chi connectivity index (χ0n) is 25.3. The molecule has 0 amide bonds. The Morgan fingerprint density at radius 3 is 1.35 bits per heavy atom. The van der Waals surface area contributed by atoms with E-state index in [1.807, 2.05) is 0 Å². The first kappa shape index (κ1) is 25.9. The van der Waals surface area contributed by atoms with E-state index in [1.54, 1.807) is 0 Å². The topological polar surface area (TPSA) is 4.44 Å². The average Bonchev–Trinajstić information content (AvgIpc) is 3.33. The van der Waals surface area contributed by atoms with Crippen LogP contribution >= 0.6 is 0 Å². The highest BCUT2D eigenvalue weighted by atomic mass is 15.1. The molecule has 8 rings (SSSR count). The van der Waals surface area contributed by atoms with Crippen molar-refractivity contribution in [3.05, 3.63) is 184 Å². The van der Waals surface area contributed by atoms with Gasteiger partial charge in [0.15, 0.2) is 0 Å². The van der Waals surface area contributed by atoms with Gasteiger partial charge in [-0.15, -0.1) is 0 Å². The minimum atomic E-state index is -0.393. The normalized spacial score (nSPS) is 15.1. The fourth-order valence-electron chi connectivity index (χ4n) is 7.96. The van der Waals surface area contributed by atoms with Gasteiger partial charge in [-0.1, -0.05) is 122 Å². The van der Waals surface area contributed by atoms with Crippen LogP contribution in [0.15, 0.2) is 140 Å². The van der Waals surface area contributed by atoms with Crippen molar-refractivity contribution in [2.45, 2.75) is 38.5 Å². The quantitative estimate of drug-likeness (QED) is 0.222. The summed E-state index contributed by atoms with van der Waals surface area (Å²) < 4.78 is 0. The zero-order valence-corrected chi connectivity index (χ0v) is 25.3. The van der Waals surface area contributed by atoms with Crippen LogP contribution in [0.2, 0.25) is 0 Å². The van der Waals surface area contributed by atoms with Gasteiger partial charge in [0.2, 0.25) is 0 Å². The molecule has 1 nitrogen and oxygen atoms in total. The molecule has 43 heavy (non-hydrogen) atoms. The second-order valence-corrected chi connectivity index (χ2v) is 12.9. The van der Waals surface area contributed by atoms with Crippen molar-refractivity contribution in [2.75, 3.05) is 0 Å². The lowest BCUT2D eigenvalue weighted by molar-refractivity contribution is -0.681. The lowest BCUT2D eigenvalue weighted by Gasteiger charge is -2.46. The Kier molecular flexibility index (Phi) is 5.67. The molecule has 0 radical (unpaired) electrons. The Morgan fingerprint density at radius 2 is 0.814 bits per heavy atom. The van der Waals surface area contributed by atoms with Gasteiger partial charge in [-0.25, -0.2) is 4.90 Å². The van der Waals surface area contributed by atoms with Crippen molar-refractivity contribution < 1.29 is 4.90 Å². The number of nitrogens with one attached hydrogen (secondary N) is 1. The van der Waals surface area contributed by atoms with Crippen LogP contribution < -0.4 is 4.90 Å². The zero-order chi connectivity index (χ0) is 29.3. The van der Waals surface area contributed by atoms with Crippen molar-refractivity contribution >= 4 is 17.1 Å². The van der Waals surface area contributed by atoms with E-state index in [2.05, 4.69) is 167 Å². The van der Waals surface area contributed by atoms with Crippen LogP contribution in [0.4, 0.5) is 17.1 Å². The molecule has 6 aromatic rings. The summed E-state index contributed by atoms with van der Waals surface area (Å²) in [7, 11) is 0. The minimum Gasteiger partial charge on any atom is -0.238 e. The van der Waals surface area contributed by atoms with Crippen molar-refractivity contribution in [1.82, 2.24) is 0 Å². The molecule has 208 valence electrons. The predicted molar refractivity (Wildman–Crippen MR) is 178 cm³/mol. The maximum atomic E-state index is 2.51. The number of aryl methyl sites for hydroxylation is 2. The van der Waals surface area contributed by atoms with E-state index in [1.165, 1.54) is 77.6 Å². The van der Waals surface area contributed by atoms with Crippen LogP contribution in [0.25, 0.3) is 11.1 Å². The van der Waals surface area contributed by atoms with Crippen molar-refractivity contribution in [2.24, 2.45) is 0 Å².